The summed E-state index contributed by atoms with van der Waals surface area (Å²) in [5, 5.41) is 3.48. The van der Waals surface area contributed by atoms with Gasteiger partial charge in [-0.25, -0.2) is 0 Å². The van der Waals surface area contributed by atoms with Crippen LogP contribution in [0.1, 0.15) is 45.9 Å². The van der Waals surface area contributed by atoms with Crippen LogP contribution in [0.15, 0.2) is 65.1 Å². The molecule has 1 N–H and O–H groups in total. The normalized spacial score (nSPS) is 21.0. The summed E-state index contributed by atoms with van der Waals surface area (Å²) in [6.07, 6.45) is 1.75. The van der Waals surface area contributed by atoms with Crippen LogP contribution in [0.5, 0.6) is 5.75 Å². The summed E-state index contributed by atoms with van der Waals surface area (Å²) < 4.78 is 13.4. The molecule has 176 valence electrons. The second-order valence-electron chi connectivity index (χ2n) is 9.37. The lowest BCUT2D eigenvalue weighted by Gasteiger charge is -2.32. The lowest BCUT2D eigenvalue weighted by molar-refractivity contribution is -0.144. The molecule has 2 aliphatic rings. The fourth-order valence-electron chi connectivity index (χ4n) is 5.43. The molecule has 34 heavy (non-hydrogen) atoms. The Balaban J connectivity index is 1.34. The smallest absolute Gasteiger partial charge is 0.311 e. The van der Waals surface area contributed by atoms with Crippen LogP contribution in [0.25, 0.3) is 0 Å². The summed E-state index contributed by atoms with van der Waals surface area (Å²) in [5.41, 5.74) is 7.11. The van der Waals surface area contributed by atoms with Gasteiger partial charge in [-0.05, 0) is 61.1 Å². The van der Waals surface area contributed by atoms with Gasteiger partial charge in [0.25, 0.3) is 0 Å². The van der Waals surface area contributed by atoms with Crippen molar-refractivity contribution < 1.29 is 14.3 Å². The summed E-state index contributed by atoms with van der Waals surface area (Å²) in [7, 11) is 0. The number of nitrogens with one attached hydrogen (secondary N) is 1. The van der Waals surface area contributed by atoms with Crippen LogP contribution in [-0.4, -0.2) is 12.5 Å². The van der Waals surface area contributed by atoms with Gasteiger partial charge in [0.2, 0.25) is 0 Å². The number of rotatable bonds is 7. The molecule has 5 heteroatoms. The number of carbonyl (C=O) groups is 1. The van der Waals surface area contributed by atoms with E-state index in [1.165, 1.54) is 16.7 Å². The molecule has 0 aromatic heterocycles. The monoisotopic (exact) mass is 519 g/mol. The van der Waals surface area contributed by atoms with E-state index in [0.717, 1.165) is 46.3 Å². The van der Waals surface area contributed by atoms with Gasteiger partial charge in [-0.15, -0.1) is 0 Å². The van der Waals surface area contributed by atoms with Gasteiger partial charge < -0.3 is 14.8 Å². The van der Waals surface area contributed by atoms with E-state index in [1.807, 2.05) is 36.4 Å². The molecule has 0 amide bonds. The number of ether oxygens (including phenoxy) is 2. The number of benzene rings is 3. The van der Waals surface area contributed by atoms with E-state index in [1.54, 1.807) is 0 Å². The van der Waals surface area contributed by atoms with Crippen molar-refractivity contribution in [3.05, 3.63) is 98.5 Å². The minimum atomic E-state index is -0.189. The fourth-order valence-corrected chi connectivity index (χ4v) is 5.83. The first-order valence-corrected chi connectivity index (χ1v) is 12.8. The highest BCUT2D eigenvalue weighted by atomic mass is 79.9. The van der Waals surface area contributed by atoms with Crippen LogP contribution < -0.4 is 10.1 Å². The molecule has 0 radical (unpaired) electrons. The van der Waals surface area contributed by atoms with E-state index in [4.69, 9.17) is 9.47 Å². The molecule has 1 heterocycles. The zero-order chi connectivity index (χ0) is 23.7. The zero-order valence-corrected chi connectivity index (χ0v) is 21.2. The minimum absolute atomic E-state index is 0.0833. The predicted octanol–water partition coefficient (Wildman–Crippen LogP) is 6.21. The molecular weight excluding hydrogens is 490 g/mol. The number of esters is 1. The number of halogens is 1. The Kier molecular flexibility index (Phi) is 6.75. The van der Waals surface area contributed by atoms with Gasteiger partial charge in [0.05, 0.1) is 5.92 Å². The highest BCUT2D eigenvalue weighted by Gasteiger charge is 2.48. The van der Waals surface area contributed by atoms with Gasteiger partial charge in [0, 0.05) is 34.6 Å². The highest BCUT2D eigenvalue weighted by Crippen LogP contribution is 2.49. The van der Waals surface area contributed by atoms with E-state index < -0.39 is 0 Å². The quantitative estimate of drug-likeness (QED) is 0.377. The Morgan fingerprint density at radius 2 is 1.85 bits per heavy atom. The predicted molar refractivity (Wildman–Crippen MR) is 137 cm³/mol. The van der Waals surface area contributed by atoms with E-state index in [2.05, 4.69) is 59.4 Å². The Labute approximate surface area is 209 Å². The number of fused-ring (bicyclic) bond motifs is 3. The van der Waals surface area contributed by atoms with Gasteiger partial charge in [0.1, 0.15) is 18.5 Å². The second-order valence-corrected chi connectivity index (χ2v) is 10.2. The Hall–Kier alpha value is -2.63. The van der Waals surface area contributed by atoms with E-state index in [-0.39, 0.29) is 23.9 Å². The summed E-state index contributed by atoms with van der Waals surface area (Å²) in [6, 6.07) is 20.5. The van der Waals surface area contributed by atoms with Gasteiger partial charge in [-0.3, -0.25) is 4.79 Å². The Morgan fingerprint density at radius 3 is 2.65 bits per heavy atom. The molecule has 4 nitrogen and oxygen atoms in total. The molecule has 5 rings (SSSR count). The van der Waals surface area contributed by atoms with Crippen LogP contribution in [0.2, 0.25) is 0 Å². The van der Waals surface area contributed by atoms with Crippen molar-refractivity contribution in [3.8, 4) is 5.75 Å². The molecule has 3 aromatic rings. The Morgan fingerprint density at radius 1 is 1.09 bits per heavy atom. The van der Waals surface area contributed by atoms with E-state index >= 15 is 0 Å². The number of carbonyl (C=O) groups excluding carboxylic acids is 1. The third-order valence-electron chi connectivity index (χ3n) is 7.26. The van der Waals surface area contributed by atoms with Crippen LogP contribution >= 0.6 is 15.9 Å². The first-order chi connectivity index (χ1) is 16.5. The summed E-state index contributed by atoms with van der Waals surface area (Å²) in [5.74, 6) is 0.862. The number of hydrogen-bond donors (Lipinski definition) is 1. The van der Waals surface area contributed by atoms with Gasteiger partial charge >= 0.3 is 5.97 Å². The maximum absolute atomic E-state index is 12.9. The first-order valence-electron chi connectivity index (χ1n) is 12.0. The standard InChI is InChI=1S/C29H30BrNO3/c1-18-14-26(33-17-21-10-6-7-11-25(21)30)19(2)27-22(18)12-13-23-24(29(32)34-28(23)27)16-31-15-20-8-4-3-5-9-20/h3-11,14,23-24,28,31H,12-13,15-17H2,1-2H3/t23-,24?,28+/m0/s1. The van der Waals surface area contributed by atoms with Crippen molar-refractivity contribution in [3.63, 3.8) is 0 Å². The van der Waals surface area contributed by atoms with Crippen LogP contribution in [0.3, 0.4) is 0 Å². The van der Waals surface area contributed by atoms with Crippen LogP contribution in [-0.2, 0) is 29.1 Å². The minimum Gasteiger partial charge on any atom is -0.489 e. The molecule has 3 atom stereocenters. The van der Waals surface area contributed by atoms with Crippen molar-refractivity contribution in [2.24, 2.45) is 11.8 Å². The largest absolute Gasteiger partial charge is 0.489 e. The molecule has 0 spiro atoms. The maximum atomic E-state index is 12.9. The fraction of sp³-hybridized carbons (Fsp3) is 0.345. The van der Waals surface area contributed by atoms with Crippen LogP contribution in [0.4, 0.5) is 0 Å². The molecule has 0 bridgehead atoms. The molecule has 1 aliphatic heterocycles. The third-order valence-corrected chi connectivity index (χ3v) is 8.04. The third kappa shape index (κ3) is 4.51. The van der Waals surface area contributed by atoms with Gasteiger partial charge in [0.15, 0.2) is 0 Å². The summed E-state index contributed by atoms with van der Waals surface area (Å²) >= 11 is 3.60. The number of aryl methyl sites for hydroxylation is 1. The molecule has 1 unspecified atom stereocenters. The molecular formula is C29H30BrNO3. The summed E-state index contributed by atoms with van der Waals surface area (Å²) in [4.78, 5) is 12.9. The second kappa shape index (κ2) is 9.93. The summed E-state index contributed by atoms with van der Waals surface area (Å²) in [6.45, 7) is 6.12. The van der Waals surface area contributed by atoms with Gasteiger partial charge in [-0.1, -0.05) is 64.5 Å². The van der Waals surface area contributed by atoms with Gasteiger partial charge in [-0.2, -0.15) is 0 Å². The van der Waals surface area contributed by atoms with Crippen molar-refractivity contribution in [2.75, 3.05) is 6.54 Å². The molecule has 1 fully saturated rings. The first kappa shape index (κ1) is 23.1. The van der Waals surface area contributed by atoms with Crippen molar-refractivity contribution in [1.82, 2.24) is 5.32 Å². The Bertz CT molecular complexity index is 1190. The zero-order valence-electron chi connectivity index (χ0n) is 19.6. The van der Waals surface area contributed by atoms with E-state index in [0.29, 0.717) is 13.2 Å². The lowest BCUT2D eigenvalue weighted by Crippen LogP contribution is -2.31. The van der Waals surface area contributed by atoms with Crippen molar-refractivity contribution in [1.29, 1.82) is 0 Å². The molecule has 3 aromatic carbocycles. The van der Waals surface area contributed by atoms with Crippen LogP contribution in [0, 0.1) is 25.7 Å². The van der Waals surface area contributed by atoms with Crippen molar-refractivity contribution in [2.45, 2.75) is 45.9 Å². The lowest BCUT2D eigenvalue weighted by atomic mass is 9.74. The topological polar surface area (TPSA) is 47.6 Å². The van der Waals surface area contributed by atoms with Crippen molar-refractivity contribution >= 4 is 21.9 Å². The van der Waals surface area contributed by atoms with E-state index in [9.17, 15) is 4.79 Å². The average Bonchev–Trinajstić information content (AvgIpc) is 3.17. The molecule has 1 saturated heterocycles. The number of hydrogen-bond acceptors (Lipinski definition) is 4. The maximum Gasteiger partial charge on any atom is 0.311 e. The highest BCUT2D eigenvalue weighted by molar-refractivity contribution is 9.10. The molecule has 0 saturated carbocycles. The SMILES string of the molecule is Cc1cc(OCc2ccccc2Br)c(C)c2c1CC[C@H]1C(CNCc3ccccc3)C(=O)O[C@@H]21. The molecule has 1 aliphatic carbocycles. The average molecular weight is 520 g/mol.